The summed E-state index contributed by atoms with van der Waals surface area (Å²) >= 11 is 0. The molecule has 0 bridgehead atoms. The molecular weight excluding hydrogens is 182 g/mol. The van der Waals surface area contributed by atoms with Crippen molar-refractivity contribution < 1.29 is 14.3 Å². The molecule has 2 N–H and O–H groups in total. The van der Waals surface area contributed by atoms with Crippen LogP contribution >= 0.6 is 0 Å². The summed E-state index contributed by atoms with van der Waals surface area (Å²) in [6.07, 6.45) is 2.30. The van der Waals surface area contributed by atoms with Crippen molar-refractivity contribution in [2.45, 2.75) is 26.2 Å². The molecule has 1 saturated heterocycles. The zero-order valence-electron chi connectivity index (χ0n) is 8.75. The number of esters is 1. The van der Waals surface area contributed by atoms with Gasteiger partial charge in [0, 0.05) is 18.4 Å². The third-order valence-corrected chi connectivity index (χ3v) is 2.64. The van der Waals surface area contributed by atoms with Crippen LogP contribution in [0.4, 0.5) is 0 Å². The fraction of sp³-hybridized carbons (Fsp3) is 0.900. The van der Waals surface area contributed by atoms with Crippen LogP contribution in [-0.4, -0.2) is 32.3 Å². The highest BCUT2D eigenvalue weighted by Crippen LogP contribution is 2.31. The third-order valence-electron chi connectivity index (χ3n) is 2.64. The van der Waals surface area contributed by atoms with Gasteiger partial charge in [0.1, 0.15) is 0 Å². The number of hydrogen-bond acceptors (Lipinski definition) is 4. The molecule has 0 aliphatic carbocycles. The minimum atomic E-state index is -0.111. The fourth-order valence-corrected chi connectivity index (χ4v) is 1.60. The van der Waals surface area contributed by atoms with Crippen molar-refractivity contribution in [3.63, 3.8) is 0 Å². The first-order valence-corrected chi connectivity index (χ1v) is 5.16. The first-order valence-electron chi connectivity index (χ1n) is 5.16. The van der Waals surface area contributed by atoms with Gasteiger partial charge in [-0.05, 0) is 19.8 Å². The normalized spacial score (nSPS) is 18.7. The van der Waals surface area contributed by atoms with Crippen LogP contribution in [0.2, 0.25) is 0 Å². The lowest BCUT2D eigenvalue weighted by molar-refractivity contribution is -0.144. The molecule has 0 spiro atoms. The molecule has 1 aliphatic heterocycles. The zero-order valence-corrected chi connectivity index (χ0v) is 8.75. The minimum Gasteiger partial charge on any atom is -0.466 e. The van der Waals surface area contributed by atoms with Crippen LogP contribution < -0.4 is 5.73 Å². The van der Waals surface area contributed by atoms with E-state index in [0.29, 0.717) is 19.6 Å². The van der Waals surface area contributed by atoms with Gasteiger partial charge in [0.25, 0.3) is 0 Å². The standard InChI is InChI=1S/C10H19NO3/c1-2-14-9(12)4-3-5-10(6-11)7-13-8-10/h2-8,11H2,1H3. The van der Waals surface area contributed by atoms with Crippen LogP contribution in [0.15, 0.2) is 0 Å². The van der Waals surface area contributed by atoms with Crippen molar-refractivity contribution in [2.24, 2.45) is 11.1 Å². The molecule has 1 aliphatic rings. The van der Waals surface area contributed by atoms with Gasteiger partial charge in [-0.3, -0.25) is 4.79 Å². The largest absolute Gasteiger partial charge is 0.466 e. The molecule has 4 heteroatoms. The van der Waals surface area contributed by atoms with Crippen molar-refractivity contribution in [3.05, 3.63) is 0 Å². The Labute approximate surface area is 84.7 Å². The predicted octanol–water partition coefficient (Wildman–Crippen LogP) is 0.695. The molecule has 82 valence electrons. The molecule has 0 amide bonds. The summed E-state index contributed by atoms with van der Waals surface area (Å²) in [5, 5.41) is 0. The first kappa shape index (κ1) is 11.5. The molecular formula is C10H19NO3. The number of rotatable bonds is 6. The molecule has 0 aromatic heterocycles. The number of carbonyl (C=O) groups is 1. The highest BCUT2D eigenvalue weighted by Gasteiger charge is 2.36. The summed E-state index contributed by atoms with van der Waals surface area (Å²) in [7, 11) is 0. The summed E-state index contributed by atoms with van der Waals surface area (Å²) in [5.41, 5.74) is 5.79. The molecule has 0 atom stereocenters. The first-order chi connectivity index (χ1) is 6.72. The van der Waals surface area contributed by atoms with Gasteiger partial charge in [-0.2, -0.15) is 0 Å². The molecule has 14 heavy (non-hydrogen) atoms. The van der Waals surface area contributed by atoms with E-state index in [4.69, 9.17) is 15.2 Å². The Balaban J connectivity index is 2.11. The van der Waals surface area contributed by atoms with E-state index in [9.17, 15) is 4.79 Å². The monoisotopic (exact) mass is 201 g/mol. The summed E-state index contributed by atoms with van der Waals surface area (Å²) in [5.74, 6) is -0.111. The second-order valence-electron chi connectivity index (χ2n) is 3.86. The highest BCUT2D eigenvalue weighted by atomic mass is 16.5. The number of hydrogen-bond donors (Lipinski definition) is 1. The Kier molecular flexibility index (Phi) is 4.35. The van der Waals surface area contributed by atoms with Crippen molar-refractivity contribution >= 4 is 5.97 Å². The molecule has 0 aromatic rings. The lowest BCUT2D eigenvalue weighted by Crippen LogP contribution is -2.48. The van der Waals surface area contributed by atoms with Crippen LogP contribution in [0, 0.1) is 5.41 Å². The Morgan fingerprint density at radius 1 is 1.57 bits per heavy atom. The lowest BCUT2D eigenvalue weighted by atomic mass is 9.81. The van der Waals surface area contributed by atoms with Gasteiger partial charge < -0.3 is 15.2 Å². The minimum absolute atomic E-state index is 0.111. The quantitative estimate of drug-likeness (QED) is 0.642. The maximum atomic E-state index is 11.0. The average molecular weight is 201 g/mol. The Bertz CT molecular complexity index is 184. The highest BCUT2D eigenvalue weighted by molar-refractivity contribution is 5.69. The molecule has 0 aromatic carbocycles. The number of carbonyl (C=O) groups excluding carboxylic acids is 1. The van der Waals surface area contributed by atoms with E-state index in [1.165, 1.54) is 0 Å². The van der Waals surface area contributed by atoms with Crippen LogP contribution in [-0.2, 0) is 14.3 Å². The predicted molar refractivity (Wildman–Crippen MR) is 52.8 cm³/mol. The molecule has 0 saturated carbocycles. The molecule has 1 fully saturated rings. The van der Waals surface area contributed by atoms with Crippen molar-refractivity contribution in [2.75, 3.05) is 26.4 Å². The molecule has 0 unspecified atom stereocenters. The second kappa shape index (κ2) is 5.32. The summed E-state index contributed by atoms with van der Waals surface area (Å²) in [4.78, 5) is 11.0. The smallest absolute Gasteiger partial charge is 0.305 e. The molecule has 1 rings (SSSR count). The maximum Gasteiger partial charge on any atom is 0.305 e. The topological polar surface area (TPSA) is 61.5 Å². The fourth-order valence-electron chi connectivity index (χ4n) is 1.60. The van der Waals surface area contributed by atoms with Gasteiger partial charge in [-0.25, -0.2) is 0 Å². The van der Waals surface area contributed by atoms with Crippen LogP contribution in [0.5, 0.6) is 0 Å². The maximum absolute atomic E-state index is 11.0. The molecule has 4 nitrogen and oxygen atoms in total. The lowest BCUT2D eigenvalue weighted by Gasteiger charge is -2.40. The van der Waals surface area contributed by atoms with Gasteiger partial charge in [0.15, 0.2) is 0 Å². The van der Waals surface area contributed by atoms with E-state index < -0.39 is 0 Å². The van der Waals surface area contributed by atoms with E-state index in [2.05, 4.69) is 0 Å². The van der Waals surface area contributed by atoms with Crippen LogP contribution in [0.3, 0.4) is 0 Å². The number of ether oxygens (including phenoxy) is 2. The van der Waals surface area contributed by atoms with E-state index in [0.717, 1.165) is 26.1 Å². The van der Waals surface area contributed by atoms with Crippen molar-refractivity contribution in [3.8, 4) is 0 Å². The van der Waals surface area contributed by atoms with E-state index in [1.807, 2.05) is 6.92 Å². The van der Waals surface area contributed by atoms with Crippen molar-refractivity contribution in [1.82, 2.24) is 0 Å². The van der Waals surface area contributed by atoms with Gasteiger partial charge in [0.2, 0.25) is 0 Å². The van der Waals surface area contributed by atoms with Gasteiger partial charge in [-0.1, -0.05) is 0 Å². The van der Waals surface area contributed by atoms with E-state index in [1.54, 1.807) is 0 Å². The Morgan fingerprint density at radius 3 is 2.71 bits per heavy atom. The van der Waals surface area contributed by atoms with Crippen LogP contribution in [0.1, 0.15) is 26.2 Å². The van der Waals surface area contributed by atoms with Gasteiger partial charge in [-0.15, -0.1) is 0 Å². The Hall–Kier alpha value is -0.610. The molecule has 1 heterocycles. The summed E-state index contributed by atoms with van der Waals surface area (Å²) in [6, 6.07) is 0. The average Bonchev–Trinajstić information content (AvgIpc) is 2.10. The number of nitrogens with two attached hydrogens (primary N) is 1. The van der Waals surface area contributed by atoms with Gasteiger partial charge >= 0.3 is 5.97 Å². The SMILES string of the molecule is CCOC(=O)CCCC1(CN)COC1. The summed E-state index contributed by atoms with van der Waals surface area (Å²) in [6.45, 7) is 4.41. The third kappa shape index (κ3) is 2.96. The van der Waals surface area contributed by atoms with Crippen molar-refractivity contribution in [1.29, 1.82) is 0 Å². The van der Waals surface area contributed by atoms with E-state index >= 15 is 0 Å². The Morgan fingerprint density at radius 2 is 2.29 bits per heavy atom. The zero-order chi connectivity index (χ0) is 10.4. The summed E-state index contributed by atoms with van der Waals surface area (Å²) < 4.78 is 9.98. The second-order valence-corrected chi connectivity index (χ2v) is 3.86. The van der Waals surface area contributed by atoms with Gasteiger partial charge in [0.05, 0.1) is 19.8 Å². The van der Waals surface area contributed by atoms with E-state index in [-0.39, 0.29) is 11.4 Å². The molecule has 0 radical (unpaired) electrons. The van der Waals surface area contributed by atoms with Crippen LogP contribution in [0.25, 0.3) is 0 Å².